The standard InChI is InChI=1S/C20H15N5O2S/c26-18(24-20-23-17(13-28-20)15-7-4-8-21-9-15)12-25-11-16(22-10-19(25)27)14-5-2-1-3-6-14/h1-11,13H,12H2,(H,23,24,26). The minimum absolute atomic E-state index is 0.122. The molecule has 0 saturated carbocycles. The number of carbonyl (C=O) groups excluding carboxylic acids is 1. The van der Waals surface area contributed by atoms with Crippen LogP contribution in [0.15, 0.2) is 77.4 Å². The topological polar surface area (TPSA) is 89.8 Å². The molecule has 3 heterocycles. The van der Waals surface area contributed by atoms with Gasteiger partial charge in [-0.05, 0) is 12.1 Å². The van der Waals surface area contributed by atoms with E-state index in [0.29, 0.717) is 10.8 Å². The molecule has 0 aliphatic heterocycles. The summed E-state index contributed by atoms with van der Waals surface area (Å²) in [6.45, 7) is -0.122. The second kappa shape index (κ2) is 7.93. The molecule has 0 radical (unpaired) electrons. The van der Waals surface area contributed by atoms with Crippen molar-refractivity contribution in [3.05, 3.63) is 83.0 Å². The van der Waals surface area contributed by atoms with Gasteiger partial charge >= 0.3 is 0 Å². The summed E-state index contributed by atoms with van der Waals surface area (Å²) >= 11 is 1.32. The highest BCUT2D eigenvalue weighted by atomic mass is 32.1. The molecular formula is C20H15N5O2S. The largest absolute Gasteiger partial charge is 0.303 e. The Morgan fingerprint density at radius 2 is 1.86 bits per heavy atom. The highest BCUT2D eigenvalue weighted by molar-refractivity contribution is 7.14. The van der Waals surface area contributed by atoms with Gasteiger partial charge in [0.1, 0.15) is 6.54 Å². The lowest BCUT2D eigenvalue weighted by Gasteiger charge is -2.07. The zero-order valence-corrected chi connectivity index (χ0v) is 15.5. The Labute approximate surface area is 164 Å². The maximum absolute atomic E-state index is 12.4. The van der Waals surface area contributed by atoms with Gasteiger partial charge in [0.15, 0.2) is 5.13 Å². The van der Waals surface area contributed by atoms with Crippen molar-refractivity contribution >= 4 is 22.4 Å². The molecule has 0 aliphatic rings. The van der Waals surface area contributed by atoms with E-state index < -0.39 is 0 Å². The van der Waals surface area contributed by atoms with E-state index in [9.17, 15) is 9.59 Å². The molecule has 0 spiro atoms. The second-order valence-corrected chi connectivity index (χ2v) is 6.79. The molecule has 0 unspecified atom stereocenters. The number of rotatable bonds is 5. The van der Waals surface area contributed by atoms with Gasteiger partial charge in [-0.25, -0.2) is 9.97 Å². The van der Waals surface area contributed by atoms with Crippen molar-refractivity contribution in [2.45, 2.75) is 6.54 Å². The minimum atomic E-state index is -0.343. The Hall–Kier alpha value is -3.65. The van der Waals surface area contributed by atoms with E-state index in [2.05, 4.69) is 20.3 Å². The summed E-state index contributed by atoms with van der Waals surface area (Å²) in [6.07, 6.45) is 6.21. The lowest BCUT2D eigenvalue weighted by molar-refractivity contribution is -0.116. The van der Waals surface area contributed by atoms with Crippen molar-refractivity contribution in [1.29, 1.82) is 0 Å². The van der Waals surface area contributed by atoms with Crippen LogP contribution < -0.4 is 10.9 Å². The van der Waals surface area contributed by atoms with E-state index in [1.54, 1.807) is 18.6 Å². The Morgan fingerprint density at radius 1 is 1.04 bits per heavy atom. The summed E-state index contributed by atoms with van der Waals surface area (Å²) in [5, 5.41) is 5.05. The molecule has 1 amide bonds. The van der Waals surface area contributed by atoms with E-state index in [1.165, 1.54) is 22.1 Å². The minimum Gasteiger partial charge on any atom is -0.303 e. The van der Waals surface area contributed by atoms with Gasteiger partial charge in [0, 0.05) is 35.1 Å². The number of pyridine rings is 1. The number of carbonyl (C=O) groups is 1. The van der Waals surface area contributed by atoms with Crippen LogP contribution in [0.2, 0.25) is 0 Å². The SMILES string of the molecule is O=C(Cn1cc(-c2ccccc2)ncc1=O)Nc1nc(-c2cccnc2)cs1. The summed E-state index contributed by atoms with van der Waals surface area (Å²) in [6, 6.07) is 13.2. The van der Waals surface area contributed by atoms with Crippen molar-refractivity contribution in [2.75, 3.05) is 5.32 Å². The first-order valence-corrected chi connectivity index (χ1v) is 9.35. The third kappa shape index (κ3) is 4.02. The zero-order valence-electron chi connectivity index (χ0n) is 14.6. The van der Waals surface area contributed by atoms with Crippen molar-refractivity contribution in [1.82, 2.24) is 19.5 Å². The van der Waals surface area contributed by atoms with Crippen LogP contribution >= 0.6 is 11.3 Å². The number of benzene rings is 1. The van der Waals surface area contributed by atoms with Gasteiger partial charge in [-0.3, -0.25) is 14.6 Å². The molecule has 1 aromatic carbocycles. The van der Waals surface area contributed by atoms with E-state index >= 15 is 0 Å². The predicted molar refractivity (Wildman–Crippen MR) is 108 cm³/mol. The number of amides is 1. The average Bonchev–Trinajstić information content (AvgIpc) is 3.19. The Balaban J connectivity index is 1.49. The Bertz CT molecular complexity index is 1160. The number of nitrogens with zero attached hydrogens (tertiary/aromatic N) is 4. The van der Waals surface area contributed by atoms with Crippen molar-refractivity contribution in [3.63, 3.8) is 0 Å². The molecular weight excluding hydrogens is 374 g/mol. The molecule has 0 aliphatic carbocycles. The molecule has 4 rings (SSSR count). The van der Waals surface area contributed by atoms with Crippen LogP contribution in [0.25, 0.3) is 22.5 Å². The van der Waals surface area contributed by atoms with Crippen molar-refractivity contribution < 1.29 is 4.79 Å². The Kier molecular flexibility index (Phi) is 5.03. The molecule has 0 fully saturated rings. The third-order valence-electron chi connectivity index (χ3n) is 3.97. The maximum Gasteiger partial charge on any atom is 0.269 e. The van der Waals surface area contributed by atoms with Gasteiger partial charge in [-0.2, -0.15) is 0 Å². The van der Waals surface area contributed by atoms with Crippen LogP contribution in [0.3, 0.4) is 0 Å². The molecule has 3 aromatic heterocycles. The number of hydrogen-bond donors (Lipinski definition) is 1. The van der Waals surface area contributed by atoms with Gasteiger partial charge in [0.2, 0.25) is 5.91 Å². The van der Waals surface area contributed by atoms with Gasteiger partial charge in [-0.15, -0.1) is 11.3 Å². The lowest BCUT2D eigenvalue weighted by atomic mass is 10.2. The number of anilines is 1. The van der Waals surface area contributed by atoms with Gasteiger partial charge in [0.25, 0.3) is 5.56 Å². The monoisotopic (exact) mass is 389 g/mol. The van der Waals surface area contributed by atoms with Crippen LogP contribution in [0.5, 0.6) is 0 Å². The highest BCUT2D eigenvalue weighted by Gasteiger charge is 2.11. The first-order valence-electron chi connectivity index (χ1n) is 8.47. The quantitative estimate of drug-likeness (QED) is 0.567. The second-order valence-electron chi connectivity index (χ2n) is 5.93. The van der Waals surface area contributed by atoms with E-state index in [0.717, 1.165) is 16.8 Å². The van der Waals surface area contributed by atoms with Crippen LogP contribution in [-0.2, 0) is 11.3 Å². The highest BCUT2D eigenvalue weighted by Crippen LogP contribution is 2.24. The average molecular weight is 389 g/mol. The molecule has 0 atom stereocenters. The fraction of sp³-hybridized carbons (Fsp3) is 0.0500. The Morgan fingerprint density at radius 3 is 2.64 bits per heavy atom. The molecule has 7 nitrogen and oxygen atoms in total. The first-order chi connectivity index (χ1) is 13.7. The summed E-state index contributed by atoms with van der Waals surface area (Å²) in [4.78, 5) is 37.1. The maximum atomic E-state index is 12.4. The molecule has 4 aromatic rings. The normalized spacial score (nSPS) is 10.6. The molecule has 0 saturated heterocycles. The molecule has 1 N–H and O–H groups in total. The molecule has 28 heavy (non-hydrogen) atoms. The smallest absolute Gasteiger partial charge is 0.269 e. The van der Waals surface area contributed by atoms with Crippen molar-refractivity contribution in [2.24, 2.45) is 0 Å². The van der Waals surface area contributed by atoms with E-state index in [1.807, 2.05) is 47.8 Å². The van der Waals surface area contributed by atoms with Crippen LogP contribution in [0, 0.1) is 0 Å². The van der Waals surface area contributed by atoms with Gasteiger partial charge < -0.3 is 9.88 Å². The molecule has 138 valence electrons. The number of thiazole rings is 1. The van der Waals surface area contributed by atoms with E-state index in [4.69, 9.17) is 0 Å². The number of hydrogen-bond acceptors (Lipinski definition) is 6. The van der Waals surface area contributed by atoms with Crippen LogP contribution in [0.1, 0.15) is 0 Å². The fourth-order valence-electron chi connectivity index (χ4n) is 2.62. The summed E-state index contributed by atoms with van der Waals surface area (Å²) in [5.74, 6) is -0.334. The fourth-order valence-corrected chi connectivity index (χ4v) is 3.35. The van der Waals surface area contributed by atoms with Crippen molar-refractivity contribution in [3.8, 4) is 22.5 Å². The molecule has 0 bridgehead atoms. The predicted octanol–water partition coefficient (Wildman–Crippen LogP) is 3.07. The summed E-state index contributed by atoms with van der Waals surface area (Å²) < 4.78 is 1.33. The molecule has 8 heteroatoms. The number of nitrogens with one attached hydrogen (secondary N) is 1. The van der Waals surface area contributed by atoms with Gasteiger partial charge in [0.05, 0.1) is 17.6 Å². The van der Waals surface area contributed by atoms with Crippen LogP contribution in [0.4, 0.5) is 5.13 Å². The van der Waals surface area contributed by atoms with E-state index in [-0.39, 0.29) is 18.0 Å². The summed E-state index contributed by atoms with van der Waals surface area (Å²) in [7, 11) is 0. The first kappa shape index (κ1) is 17.7. The zero-order chi connectivity index (χ0) is 19.3. The number of aromatic nitrogens is 4. The van der Waals surface area contributed by atoms with Gasteiger partial charge in [-0.1, -0.05) is 30.3 Å². The summed E-state index contributed by atoms with van der Waals surface area (Å²) in [5.41, 5.74) is 2.77. The lowest BCUT2D eigenvalue weighted by Crippen LogP contribution is -2.27. The van der Waals surface area contributed by atoms with Crippen LogP contribution in [-0.4, -0.2) is 25.4 Å². The third-order valence-corrected chi connectivity index (χ3v) is 4.72.